The van der Waals surface area contributed by atoms with Crippen LogP contribution in [0.25, 0.3) is 0 Å². The van der Waals surface area contributed by atoms with Gasteiger partial charge in [-0.2, -0.15) is 25.3 Å². The molecule has 0 saturated carbocycles. The van der Waals surface area contributed by atoms with Crippen LogP contribution in [0.2, 0.25) is 0 Å². The first-order chi connectivity index (χ1) is 6.22. The number of benzene rings is 1. The number of hydrogen-bond donors (Lipinski definition) is 2. The van der Waals surface area contributed by atoms with Gasteiger partial charge in [-0.3, -0.25) is 0 Å². The lowest BCUT2D eigenvalue weighted by Crippen LogP contribution is -1.95. The molecule has 0 aromatic heterocycles. The summed E-state index contributed by atoms with van der Waals surface area (Å²) in [4.78, 5) is 0. The van der Waals surface area contributed by atoms with Gasteiger partial charge in [0.25, 0.3) is 0 Å². The number of hydrogen-bond acceptors (Lipinski definition) is 3. The Bertz CT molecular complexity index is 272. The van der Waals surface area contributed by atoms with E-state index in [4.69, 9.17) is 4.74 Å². The molecule has 0 atom stereocenters. The predicted octanol–water partition coefficient (Wildman–Crippen LogP) is 2.86. The van der Waals surface area contributed by atoms with Crippen molar-refractivity contribution in [3.05, 3.63) is 28.8 Å². The summed E-state index contributed by atoms with van der Waals surface area (Å²) < 4.78 is 5.32. The molecule has 1 nitrogen and oxygen atoms in total. The molecule has 1 aromatic rings. The first-order valence-corrected chi connectivity index (χ1v) is 5.37. The number of rotatable bonds is 3. The van der Waals surface area contributed by atoms with Crippen molar-refractivity contribution in [2.75, 3.05) is 7.11 Å². The SMILES string of the molecule is COc1c(CS)cc(C)cc1CS. The fourth-order valence-electron chi connectivity index (χ4n) is 1.43. The maximum Gasteiger partial charge on any atom is 0.126 e. The minimum Gasteiger partial charge on any atom is -0.496 e. The van der Waals surface area contributed by atoms with Gasteiger partial charge in [0.15, 0.2) is 0 Å². The molecule has 0 aliphatic heterocycles. The van der Waals surface area contributed by atoms with E-state index in [-0.39, 0.29) is 0 Å². The summed E-state index contributed by atoms with van der Waals surface area (Å²) in [6.07, 6.45) is 0. The second kappa shape index (κ2) is 4.82. The van der Waals surface area contributed by atoms with Crippen molar-refractivity contribution in [2.45, 2.75) is 18.4 Å². The van der Waals surface area contributed by atoms with E-state index in [2.05, 4.69) is 44.3 Å². The second-order valence-corrected chi connectivity index (χ2v) is 3.57. The summed E-state index contributed by atoms with van der Waals surface area (Å²) in [5.74, 6) is 2.33. The van der Waals surface area contributed by atoms with Gasteiger partial charge in [-0.05, 0) is 6.92 Å². The molecule has 0 saturated heterocycles. The van der Waals surface area contributed by atoms with Crippen LogP contribution < -0.4 is 4.74 Å². The van der Waals surface area contributed by atoms with Crippen molar-refractivity contribution in [3.8, 4) is 5.75 Å². The Labute approximate surface area is 90.3 Å². The third kappa shape index (κ3) is 2.35. The molecule has 0 unspecified atom stereocenters. The second-order valence-electron chi connectivity index (χ2n) is 2.93. The summed E-state index contributed by atoms with van der Waals surface area (Å²) in [6, 6.07) is 4.19. The standard InChI is InChI=1S/C10H14OS2/c1-7-3-8(5-12)10(11-2)9(4-7)6-13/h3-4,12-13H,5-6H2,1-2H3. The minimum absolute atomic E-state index is 0.700. The zero-order valence-corrected chi connectivity index (χ0v) is 9.66. The fourth-order valence-corrected chi connectivity index (χ4v) is 1.90. The van der Waals surface area contributed by atoms with E-state index in [1.165, 1.54) is 5.56 Å². The maximum absolute atomic E-state index is 5.32. The highest BCUT2D eigenvalue weighted by atomic mass is 32.1. The third-order valence-corrected chi connectivity index (χ3v) is 2.61. The zero-order valence-electron chi connectivity index (χ0n) is 7.87. The van der Waals surface area contributed by atoms with E-state index in [0.29, 0.717) is 11.5 Å². The largest absolute Gasteiger partial charge is 0.496 e. The average Bonchev–Trinajstić information content (AvgIpc) is 2.16. The van der Waals surface area contributed by atoms with Crippen LogP contribution in [-0.4, -0.2) is 7.11 Å². The van der Waals surface area contributed by atoms with Gasteiger partial charge in [-0.25, -0.2) is 0 Å². The van der Waals surface area contributed by atoms with Gasteiger partial charge < -0.3 is 4.74 Å². The van der Waals surface area contributed by atoms with E-state index in [1.54, 1.807) is 7.11 Å². The quantitative estimate of drug-likeness (QED) is 0.736. The van der Waals surface area contributed by atoms with Crippen molar-refractivity contribution in [3.63, 3.8) is 0 Å². The molecule has 0 heterocycles. The Hall–Kier alpha value is -0.280. The van der Waals surface area contributed by atoms with Gasteiger partial charge in [0.2, 0.25) is 0 Å². The van der Waals surface area contributed by atoms with Gasteiger partial charge in [0, 0.05) is 22.6 Å². The molecule has 0 amide bonds. The van der Waals surface area contributed by atoms with Crippen LogP contribution in [0.15, 0.2) is 12.1 Å². The van der Waals surface area contributed by atoms with Crippen LogP contribution in [-0.2, 0) is 11.5 Å². The van der Waals surface area contributed by atoms with E-state index < -0.39 is 0 Å². The van der Waals surface area contributed by atoms with Gasteiger partial charge >= 0.3 is 0 Å². The number of thiol groups is 2. The molecule has 1 aromatic carbocycles. The molecule has 0 radical (unpaired) electrons. The van der Waals surface area contributed by atoms with E-state index in [1.807, 2.05) is 0 Å². The van der Waals surface area contributed by atoms with E-state index >= 15 is 0 Å². The van der Waals surface area contributed by atoms with Gasteiger partial charge in [-0.15, -0.1) is 0 Å². The molecule has 0 fully saturated rings. The van der Waals surface area contributed by atoms with Crippen molar-refractivity contribution in [2.24, 2.45) is 0 Å². The Morgan fingerprint density at radius 2 is 1.62 bits per heavy atom. The molecule has 0 aliphatic carbocycles. The number of ether oxygens (including phenoxy) is 1. The molecular formula is C10H14OS2. The Morgan fingerprint density at radius 1 is 1.15 bits per heavy atom. The van der Waals surface area contributed by atoms with Crippen LogP contribution in [0, 0.1) is 6.92 Å². The molecule has 1 rings (SSSR count). The molecule has 0 aliphatic rings. The lowest BCUT2D eigenvalue weighted by Gasteiger charge is -2.12. The number of aryl methyl sites for hydroxylation is 1. The highest BCUT2D eigenvalue weighted by Gasteiger charge is 2.07. The van der Waals surface area contributed by atoms with Crippen molar-refractivity contribution < 1.29 is 4.74 Å². The summed E-state index contributed by atoms with van der Waals surface area (Å²) in [5.41, 5.74) is 3.50. The van der Waals surface area contributed by atoms with Crippen LogP contribution in [0.4, 0.5) is 0 Å². The molecule has 0 bridgehead atoms. The van der Waals surface area contributed by atoms with Gasteiger partial charge in [-0.1, -0.05) is 17.7 Å². The molecule has 3 heteroatoms. The Balaban J connectivity index is 3.25. The van der Waals surface area contributed by atoms with Gasteiger partial charge in [0.1, 0.15) is 5.75 Å². The maximum atomic E-state index is 5.32. The Kier molecular flexibility index (Phi) is 4.00. The Morgan fingerprint density at radius 3 is 1.92 bits per heavy atom. The number of methoxy groups -OCH3 is 1. The predicted molar refractivity (Wildman–Crippen MR) is 63.1 cm³/mol. The van der Waals surface area contributed by atoms with Crippen molar-refractivity contribution in [1.29, 1.82) is 0 Å². The summed E-state index contributed by atoms with van der Waals surface area (Å²) in [5, 5.41) is 0. The smallest absolute Gasteiger partial charge is 0.126 e. The van der Waals surface area contributed by atoms with E-state index in [9.17, 15) is 0 Å². The minimum atomic E-state index is 0.700. The summed E-state index contributed by atoms with van der Waals surface area (Å²) in [7, 11) is 1.69. The van der Waals surface area contributed by atoms with Crippen LogP contribution in [0.1, 0.15) is 16.7 Å². The lowest BCUT2D eigenvalue weighted by molar-refractivity contribution is 0.408. The molecule has 0 spiro atoms. The summed E-state index contributed by atoms with van der Waals surface area (Å²) >= 11 is 8.52. The zero-order chi connectivity index (χ0) is 9.84. The first-order valence-electron chi connectivity index (χ1n) is 4.11. The van der Waals surface area contributed by atoms with Crippen molar-refractivity contribution >= 4 is 25.3 Å². The van der Waals surface area contributed by atoms with Crippen LogP contribution in [0.3, 0.4) is 0 Å². The van der Waals surface area contributed by atoms with Gasteiger partial charge in [0.05, 0.1) is 7.11 Å². The molecular weight excluding hydrogens is 200 g/mol. The molecule has 72 valence electrons. The lowest BCUT2D eigenvalue weighted by atomic mass is 10.1. The van der Waals surface area contributed by atoms with Crippen LogP contribution in [0.5, 0.6) is 5.75 Å². The van der Waals surface area contributed by atoms with Crippen molar-refractivity contribution in [1.82, 2.24) is 0 Å². The molecule has 13 heavy (non-hydrogen) atoms. The highest BCUT2D eigenvalue weighted by Crippen LogP contribution is 2.28. The summed E-state index contributed by atoms with van der Waals surface area (Å²) in [6.45, 7) is 2.07. The normalized spacial score (nSPS) is 10.2. The average molecular weight is 214 g/mol. The molecule has 0 N–H and O–H groups in total. The monoisotopic (exact) mass is 214 g/mol. The first kappa shape index (κ1) is 10.8. The topological polar surface area (TPSA) is 9.23 Å². The van der Waals surface area contributed by atoms with E-state index in [0.717, 1.165) is 16.9 Å². The highest BCUT2D eigenvalue weighted by molar-refractivity contribution is 7.79. The van der Waals surface area contributed by atoms with Crippen LogP contribution >= 0.6 is 25.3 Å². The fraction of sp³-hybridized carbons (Fsp3) is 0.400. The third-order valence-electron chi connectivity index (χ3n) is 1.93.